The summed E-state index contributed by atoms with van der Waals surface area (Å²) in [7, 11) is 3.78. The van der Waals surface area contributed by atoms with E-state index in [1.807, 2.05) is 32.8 Å². The van der Waals surface area contributed by atoms with Gasteiger partial charge >= 0.3 is 0 Å². The Balaban J connectivity index is 3.62. The number of hydrogen-bond acceptors (Lipinski definition) is 15. The fraction of sp³-hybridized carbons (Fsp3) is 0.714. The summed E-state index contributed by atoms with van der Waals surface area (Å²) >= 11 is 0. The van der Waals surface area contributed by atoms with Crippen LogP contribution in [0.1, 0.15) is 117 Å². The average Bonchev–Trinajstić information content (AvgIpc) is 3.88. The second kappa shape index (κ2) is 38.4. The SMILES string of the molecule is CC(C)C[C@H](NC(=O)[C@@H](NC(=O)[C@H](CCCCN(C)C)NC(=O)[C@H](CCCN=C(N)N)NC(=O)[C@H](Cc1cnc[nH]1)NC(=O)[C@H](CCCN=C(N)N)NC(=O)[C@@H](N)CCCCN)C(C)C)C(=O)N[C@H](C=O)CCCN=C(N)N. The van der Waals surface area contributed by atoms with E-state index in [2.05, 4.69) is 62.2 Å². The number of carbonyl (C=O) groups is 8. The van der Waals surface area contributed by atoms with Crippen LogP contribution in [-0.2, 0) is 44.8 Å². The number of carbonyl (C=O) groups excluding carboxylic acids is 8. The maximum atomic E-state index is 14.5. The van der Waals surface area contributed by atoms with Gasteiger partial charge in [0.15, 0.2) is 17.9 Å². The van der Waals surface area contributed by atoms with Gasteiger partial charge in [0.2, 0.25) is 41.4 Å². The molecule has 0 fully saturated rings. The first-order valence-electron chi connectivity index (χ1n) is 26.7. The van der Waals surface area contributed by atoms with Gasteiger partial charge in [0, 0.05) is 37.9 Å². The molecule has 0 spiro atoms. The molecule has 0 bridgehead atoms. The lowest BCUT2D eigenvalue weighted by Crippen LogP contribution is -2.61. The Morgan fingerprint density at radius 3 is 1.49 bits per heavy atom. The predicted molar refractivity (Wildman–Crippen MR) is 299 cm³/mol. The van der Waals surface area contributed by atoms with E-state index in [4.69, 9.17) is 45.9 Å². The lowest BCUT2D eigenvalue weighted by atomic mass is 9.98. The van der Waals surface area contributed by atoms with Gasteiger partial charge in [-0.3, -0.25) is 48.5 Å². The smallest absolute Gasteiger partial charge is 0.243 e. The van der Waals surface area contributed by atoms with Crippen molar-refractivity contribution in [3.63, 3.8) is 0 Å². The van der Waals surface area contributed by atoms with Gasteiger partial charge in [-0.15, -0.1) is 0 Å². The third-order valence-corrected chi connectivity index (χ3v) is 12.1. The highest BCUT2D eigenvalue weighted by molar-refractivity contribution is 5.97. The summed E-state index contributed by atoms with van der Waals surface area (Å²) in [4.78, 5) is 131. The Hall–Kier alpha value is -7.14. The first-order chi connectivity index (χ1) is 36.9. The minimum Gasteiger partial charge on any atom is -0.370 e. The number of imidazole rings is 1. The van der Waals surface area contributed by atoms with E-state index in [9.17, 15) is 38.4 Å². The summed E-state index contributed by atoms with van der Waals surface area (Å²) < 4.78 is 0. The topological polar surface area (TPSA) is 498 Å². The molecule has 0 aliphatic carbocycles. The fourth-order valence-electron chi connectivity index (χ4n) is 7.88. The Kier molecular flexibility index (Phi) is 33.9. The summed E-state index contributed by atoms with van der Waals surface area (Å²) in [5.74, 6) is -5.98. The number of rotatable bonds is 41. The van der Waals surface area contributed by atoms with Crippen LogP contribution in [0.4, 0.5) is 0 Å². The van der Waals surface area contributed by atoms with Crippen LogP contribution < -0.4 is 83.1 Å². The molecule has 7 amide bonds. The summed E-state index contributed by atoms with van der Waals surface area (Å²) in [6.07, 6.45) is 7.29. The van der Waals surface area contributed by atoms with Gasteiger partial charge in [0.25, 0.3) is 0 Å². The lowest BCUT2D eigenvalue weighted by molar-refractivity contribution is -0.136. The minimum atomic E-state index is -1.36. The summed E-state index contributed by atoms with van der Waals surface area (Å²) in [5, 5.41) is 19.2. The zero-order valence-electron chi connectivity index (χ0n) is 46.6. The highest BCUT2D eigenvalue weighted by Crippen LogP contribution is 2.13. The number of aromatic amines is 1. The molecular weight excluding hydrogens is 1010 g/mol. The van der Waals surface area contributed by atoms with Crippen molar-refractivity contribution in [2.45, 2.75) is 166 Å². The maximum Gasteiger partial charge on any atom is 0.243 e. The van der Waals surface area contributed by atoms with Crippen molar-refractivity contribution < 1.29 is 38.4 Å². The lowest BCUT2D eigenvalue weighted by Gasteiger charge is -2.29. The van der Waals surface area contributed by atoms with E-state index < -0.39 is 95.6 Å². The quantitative estimate of drug-likeness (QED) is 0.0127. The molecule has 0 saturated heterocycles. The van der Waals surface area contributed by atoms with Gasteiger partial charge in [-0.05, 0) is 116 Å². The third kappa shape index (κ3) is 30.0. The summed E-state index contributed by atoms with van der Waals surface area (Å²) in [6.45, 7) is 8.64. The molecule has 24 N–H and O–H groups in total. The van der Waals surface area contributed by atoms with Crippen LogP contribution in [-0.4, -0.2) is 176 Å². The van der Waals surface area contributed by atoms with E-state index in [1.54, 1.807) is 13.8 Å². The standard InChI is InChI=1S/C49H93N21O8/c1-29(2)24-37(44(76)63-31(27-71)14-11-20-59-47(52)53)68-46(78)39(30(3)4)69-43(75)34(16-8-10-23-70(5)6)65-41(73)36(18-13-22-61-49(56)57)66-45(77)38(25-32-26-58-28-62-32)67-42(74)35(17-12-21-60-48(54)55)64-40(72)33(51)15-7-9-19-50/h26-31,33-39H,7-25,50-51H2,1-6H3,(H,58,62)(H,63,76)(H,64,72)(H,65,73)(H,66,77)(H,67,74)(H,68,78)(H,69,75)(H4,52,53,59)(H4,54,55,60)(H4,56,57,61)/t31-,33-,34-,35-,36-,37-,38-,39-/m0/s1. The highest BCUT2D eigenvalue weighted by Gasteiger charge is 2.35. The second-order valence-electron chi connectivity index (χ2n) is 20.2. The molecule has 0 saturated carbocycles. The van der Waals surface area contributed by atoms with Crippen LogP contribution in [0.15, 0.2) is 27.5 Å². The van der Waals surface area contributed by atoms with Crippen molar-refractivity contribution in [3.8, 4) is 0 Å². The molecule has 1 aromatic rings. The van der Waals surface area contributed by atoms with E-state index in [1.165, 1.54) is 12.5 Å². The van der Waals surface area contributed by atoms with Crippen LogP contribution in [0.25, 0.3) is 0 Å². The molecule has 8 atom stereocenters. The zero-order valence-corrected chi connectivity index (χ0v) is 46.6. The van der Waals surface area contributed by atoms with Gasteiger partial charge < -0.3 is 97.8 Å². The van der Waals surface area contributed by atoms with Crippen LogP contribution in [0.5, 0.6) is 0 Å². The summed E-state index contributed by atoms with van der Waals surface area (Å²) in [6, 6.07) is -9.26. The van der Waals surface area contributed by atoms with Crippen molar-refractivity contribution in [3.05, 3.63) is 18.2 Å². The molecule has 0 aromatic carbocycles. The number of nitrogens with one attached hydrogen (secondary N) is 8. The van der Waals surface area contributed by atoms with E-state index in [0.717, 1.165) is 0 Å². The number of guanidine groups is 3. The van der Waals surface area contributed by atoms with E-state index in [0.29, 0.717) is 63.6 Å². The van der Waals surface area contributed by atoms with Crippen molar-refractivity contribution in [2.24, 2.45) is 72.7 Å². The molecule has 0 aliphatic heterocycles. The first kappa shape index (κ1) is 68.9. The molecule has 0 radical (unpaired) electrons. The second-order valence-corrected chi connectivity index (χ2v) is 20.2. The third-order valence-electron chi connectivity index (χ3n) is 12.1. The number of unbranched alkanes of at least 4 members (excludes halogenated alkanes) is 2. The molecule has 78 heavy (non-hydrogen) atoms. The normalized spacial score (nSPS) is 14.2. The molecule has 29 heteroatoms. The van der Waals surface area contributed by atoms with Gasteiger partial charge in [-0.1, -0.05) is 34.1 Å². The van der Waals surface area contributed by atoms with E-state index >= 15 is 0 Å². The number of hydrogen-bond donors (Lipinski definition) is 16. The van der Waals surface area contributed by atoms with Gasteiger partial charge in [0.1, 0.15) is 42.5 Å². The van der Waals surface area contributed by atoms with Crippen molar-refractivity contribution >= 4 is 65.5 Å². The molecule has 1 aromatic heterocycles. The van der Waals surface area contributed by atoms with Crippen LogP contribution in [0.2, 0.25) is 0 Å². The van der Waals surface area contributed by atoms with Gasteiger partial charge in [-0.2, -0.15) is 0 Å². The van der Waals surface area contributed by atoms with Crippen LogP contribution in [0.3, 0.4) is 0 Å². The molecule has 0 unspecified atom stereocenters. The number of amides is 7. The number of H-pyrrole nitrogens is 1. The average molecular weight is 1100 g/mol. The Labute approximate surface area is 458 Å². The molecule has 29 nitrogen and oxygen atoms in total. The number of aldehydes is 1. The number of nitrogens with two attached hydrogens (primary N) is 8. The number of nitrogens with zero attached hydrogens (tertiary/aromatic N) is 5. The first-order valence-corrected chi connectivity index (χ1v) is 26.7. The predicted octanol–water partition coefficient (Wildman–Crippen LogP) is -4.40. The van der Waals surface area contributed by atoms with E-state index in [-0.39, 0.29) is 94.8 Å². The Morgan fingerprint density at radius 2 is 1.03 bits per heavy atom. The number of aromatic nitrogens is 2. The van der Waals surface area contributed by atoms with Gasteiger partial charge in [0.05, 0.1) is 18.4 Å². The van der Waals surface area contributed by atoms with Crippen LogP contribution in [0, 0.1) is 11.8 Å². The van der Waals surface area contributed by atoms with Crippen molar-refractivity contribution in [2.75, 3.05) is 46.8 Å². The minimum absolute atomic E-state index is 0.0445. The molecule has 1 heterocycles. The van der Waals surface area contributed by atoms with Crippen molar-refractivity contribution in [1.29, 1.82) is 0 Å². The molecule has 442 valence electrons. The molecule has 1 rings (SSSR count). The van der Waals surface area contributed by atoms with Crippen molar-refractivity contribution in [1.82, 2.24) is 52.1 Å². The number of aliphatic imine (C=N–C) groups is 3. The fourth-order valence-corrected chi connectivity index (χ4v) is 7.88. The monoisotopic (exact) mass is 1100 g/mol. The largest absolute Gasteiger partial charge is 0.370 e. The van der Waals surface area contributed by atoms with Crippen LogP contribution >= 0.6 is 0 Å². The summed E-state index contributed by atoms with van der Waals surface area (Å²) in [5.41, 5.74) is 45.2. The highest BCUT2D eigenvalue weighted by atomic mass is 16.2. The Morgan fingerprint density at radius 1 is 0.577 bits per heavy atom. The zero-order chi connectivity index (χ0) is 58.7. The maximum absolute atomic E-state index is 14.5. The molecule has 0 aliphatic rings. The Bertz CT molecular complexity index is 2070. The van der Waals surface area contributed by atoms with Gasteiger partial charge in [-0.25, -0.2) is 4.98 Å². The molecular formula is C49H93N21O8.